The molecule has 33 heteroatoms. The second-order valence-corrected chi connectivity index (χ2v) is 18.3. The van der Waals surface area contributed by atoms with Gasteiger partial charge in [0.2, 0.25) is 11.8 Å². The van der Waals surface area contributed by atoms with Gasteiger partial charge in [-0.2, -0.15) is 0 Å². The molecule has 424 valence electrons. The van der Waals surface area contributed by atoms with Gasteiger partial charge >= 0.3 is 0 Å². The summed E-state index contributed by atoms with van der Waals surface area (Å²) in [6.45, 7) is -3.29. The van der Waals surface area contributed by atoms with Crippen LogP contribution in [-0.4, -0.2) is 327 Å². The van der Waals surface area contributed by atoms with Gasteiger partial charge in [0.05, 0.1) is 39.6 Å². The molecular weight excluding hydrogens is 1000 g/mol. The van der Waals surface area contributed by atoms with E-state index in [1.807, 2.05) is 0 Å². The average molecular weight is 1070 g/mol. The largest absolute Gasteiger partial charge is 0.394 e. The Balaban J connectivity index is 1.19. The van der Waals surface area contributed by atoms with Crippen molar-refractivity contribution >= 4 is 11.8 Å². The van der Waals surface area contributed by atoms with Crippen LogP contribution in [0.25, 0.3) is 0 Å². The second kappa shape index (κ2) is 26.0. The predicted molar refractivity (Wildman–Crippen MR) is 222 cm³/mol. The van der Waals surface area contributed by atoms with E-state index in [-0.39, 0.29) is 0 Å². The average Bonchev–Trinajstić information content (AvgIpc) is 3.35. The number of carbonyl (C=O) groups is 2. The molecule has 0 aromatic carbocycles. The molecule has 0 unspecified atom stereocenters. The Morgan fingerprint density at radius 2 is 0.699 bits per heavy atom. The fourth-order valence-electron chi connectivity index (χ4n) is 9.11. The summed E-state index contributed by atoms with van der Waals surface area (Å²) in [5.74, 6) is -1.51. The van der Waals surface area contributed by atoms with Crippen molar-refractivity contribution in [1.29, 1.82) is 0 Å². The number of nitrogens with one attached hydrogen (secondary N) is 2. The fraction of sp³-hybridized carbons (Fsp3) is 0.950. The lowest BCUT2D eigenvalue weighted by Gasteiger charge is -2.49. The van der Waals surface area contributed by atoms with Gasteiger partial charge in [-0.1, -0.05) is 0 Å². The first-order chi connectivity index (χ1) is 34.5. The zero-order chi connectivity index (χ0) is 53.9. The molecule has 0 aromatic rings. The van der Waals surface area contributed by atoms with Crippen LogP contribution in [0.1, 0.15) is 13.8 Å². The first kappa shape index (κ1) is 60.0. The van der Waals surface area contributed by atoms with Crippen LogP contribution in [0.15, 0.2) is 0 Å². The van der Waals surface area contributed by atoms with E-state index in [9.17, 15) is 102 Å². The topological polar surface area (TPSA) is 524 Å². The SMILES string of the molecule is CC(=O)N[C@@H]1[C@@H](O)[C@H](O[C@@H]2O[C@H](CO)[C@@H](O[C@@H]3O[C@H](CO[C@@H]4O[C@H](CO[C@@H]5O[C@H](CO)[C@@H](O)[C@H](O)[C@@H]5O)[C@@H](O)[C@H](O[C@@H]5O[C@H](CO)[C@@H](O)[C@H](O)[C@@H]5O)[C@@H]4O)[C@@H](O)[C@H](O)[C@@H]3O)[C@H](O)[C@H]2NC(C)=O)[C@@H](CO)O[C@H]1O. The standard InChI is InChI=1S/C40H68N2O31/c1-9(47)41-17-23(53)32(13(5-45)65-35(17)62)71-36-18(42-10(2)48)24(54)33(14(6-46)68-36)72-40-30(60)27(57)21(51)15(70-40)7-64-38-31(61)34(73-39-29(59)26(56)20(50)12(4-44)67-39)22(52)16(69-38)8-63-37-28(58)25(55)19(49)11(3-43)66-37/h11-40,43-46,49-62H,3-8H2,1-2H3,(H,41,47)(H,42,48)/t11-,12-,13-,14-,15-,16-,17-,18-,19-,20-,21-,22-,23-,24-,25+,26+,27+,28+,29+,30+,31+,32-,33-,34+,35-,36+,37-,38-,39+,40+/m1/s1. The Morgan fingerprint density at radius 3 is 1.19 bits per heavy atom. The Hall–Kier alpha value is -2.22. The third-order valence-electron chi connectivity index (χ3n) is 13.2. The second-order valence-electron chi connectivity index (χ2n) is 18.3. The van der Waals surface area contributed by atoms with E-state index >= 15 is 0 Å². The van der Waals surface area contributed by atoms with E-state index < -0.39 is 236 Å². The summed E-state index contributed by atoms with van der Waals surface area (Å²) < 4.78 is 62.1. The molecule has 0 aliphatic carbocycles. The molecule has 73 heavy (non-hydrogen) atoms. The molecule has 6 heterocycles. The minimum Gasteiger partial charge on any atom is -0.394 e. The Kier molecular flexibility index (Phi) is 21.3. The van der Waals surface area contributed by atoms with Gasteiger partial charge in [-0.15, -0.1) is 0 Å². The highest BCUT2D eigenvalue weighted by Crippen LogP contribution is 2.35. The molecule has 6 saturated heterocycles. The van der Waals surface area contributed by atoms with Crippen LogP contribution in [0.2, 0.25) is 0 Å². The van der Waals surface area contributed by atoms with Gasteiger partial charge in [0.25, 0.3) is 0 Å². The van der Waals surface area contributed by atoms with Gasteiger partial charge in [-0.25, -0.2) is 0 Å². The minimum absolute atomic E-state index is 0.702. The van der Waals surface area contributed by atoms with Gasteiger partial charge in [-0.3, -0.25) is 9.59 Å². The van der Waals surface area contributed by atoms with Crippen LogP contribution in [0, 0.1) is 0 Å². The summed E-state index contributed by atoms with van der Waals surface area (Å²) in [5.41, 5.74) is 0. The van der Waals surface area contributed by atoms with E-state index in [2.05, 4.69) is 10.6 Å². The molecule has 0 saturated carbocycles. The van der Waals surface area contributed by atoms with Gasteiger partial charge in [0.15, 0.2) is 37.7 Å². The molecule has 6 fully saturated rings. The summed E-state index contributed by atoms with van der Waals surface area (Å²) >= 11 is 0. The van der Waals surface area contributed by atoms with Crippen molar-refractivity contribution in [2.24, 2.45) is 0 Å². The number of aliphatic hydroxyl groups excluding tert-OH is 18. The highest BCUT2D eigenvalue weighted by Gasteiger charge is 2.56. The molecule has 6 aliphatic heterocycles. The van der Waals surface area contributed by atoms with Crippen molar-refractivity contribution in [2.45, 2.75) is 198 Å². The van der Waals surface area contributed by atoms with Crippen molar-refractivity contribution < 1.29 is 154 Å². The molecule has 0 bridgehead atoms. The highest BCUT2D eigenvalue weighted by molar-refractivity contribution is 5.73. The summed E-state index contributed by atoms with van der Waals surface area (Å²) in [7, 11) is 0. The Bertz CT molecular complexity index is 1750. The zero-order valence-corrected chi connectivity index (χ0v) is 38.9. The quantitative estimate of drug-likeness (QED) is 0.0606. The molecule has 2 amide bonds. The van der Waals surface area contributed by atoms with E-state index in [0.717, 1.165) is 13.8 Å². The van der Waals surface area contributed by atoms with Crippen LogP contribution in [0.3, 0.4) is 0 Å². The molecule has 0 spiro atoms. The zero-order valence-electron chi connectivity index (χ0n) is 38.9. The molecule has 0 radical (unpaired) electrons. The van der Waals surface area contributed by atoms with E-state index in [1.165, 1.54) is 0 Å². The van der Waals surface area contributed by atoms with Crippen molar-refractivity contribution in [3.8, 4) is 0 Å². The summed E-state index contributed by atoms with van der Waals surface area (Å²) in [6.07, 6.45) is -52.5. The van der Waals surface area contributed by atoms with E-state index in [0.29, 0.717) is 0 Å². The minimum atomic E-state index is -2.16. The van der Waals surface area contributed by atoms with Crippen molar-refractivity contribution in [3.05, 3.63) is 0 Å². The lowest BCUT2D eigenvalue weighted by atomic mass is 9.94. The lowest BCUT2D eigenvalue weighted by molar-refractivity contribution is -0.376. The van der Waals surface area contributed by atoms with E-state index in [4.69, 9.17) is 52.1 Å². The summed E-state index contributed by atoms with van der Waals surface area (Å²) in [4.78, 5) is 24.3. The maximum Gasteiger partial charge on any atom is 0.217 e. The van der Waals surface area contributed by atoms with Crippen LogP contribution in [0.5, 0.6) is 0 Å². The number of aliphatic hydroxyl groups is 18. The Morgan fingerprint density at radius 1 is 0.356 bits per heavy atom. The molecular formula is C40H68N2O31. The maximum atomic E-state index is 12.4. The van der Waals surface area contributed by atoms with Gasteiger partial charge in [0.1, 0.15) is 146 Å². The van der Waals surface area contributed by atoms with Crippen molar-refractivity contribution in [3.63, 3.8) is 0 Å². The van der Waals surface area contributed by atoms with Crippen LogP contribution >= 0.6 is 0 Å². The van der Waals surface area contributed by atoms with Crippen LogP contribution in [0.4, 0.5) is 0 Å². The molecule has 6 rings (SSSR count). The number of hydrogen-bond acceptors (Lipinski definition) is 31. The first-order valence-corrected chi connectivity index (χ1v) is 23.1. The summed E-state index contributed by atoms with van der Waals surface area (Å²) in [5, 5.41) is 196. The van der Waals surface area contributed by atoms with E-state index in [1.54, 1.807) is 0 Å². The first-order valence-electron chi connectivity index (χ1n) is 23.1. The molecule has 20 N–H and O–H groups in total. The summed E-state index contributed by atoms with van der Waals surface area (Å²) in [6, 6.07) is -3.20. The van der Waals surface area contributed by atoms with Gasteiger partial charge in [0, 0.05) is 13.8 Å². The van der Waals surface area contributed by atoms with Crippen LogP contribution < -0.4 is 10.6 Å². The Labute approximate surface area is 413 Å². The molecule has 30 atom stereocenters. The number of ether oxygens (including phenoxy) is 11. The third-order valence-corrected chi connectivity index (χ3v) is 13.2. The van der Waals surface area contributed by atoms with Crippen molar-refractivity contribution in [1.82, 2.24) is 10.6 Å². The lowest BCUT2D eigenvalue weighted by Crippen LogP contribution is -2.70. The number of hydrogen-bond donors (Lipinski definition) is 20. The fourth-order valence-corrected chi connectivity index (χ4v) is 9.11. The smallest absolute Gasteiger partial charge is 0.217 e. The molecule has 6 aliphatic rings. The van der Waals surface area contributed by atoms with Crippen LogP contribution in [-0.2, 0) is 61.7 Å². The third kappa shape index (κ3) is 13.2. The van der Waals surface area contributed by atoms with Crippen molar-refractivity contribution in [2.75, 3.05) is 39.6 Å². The monoisotopic (exact) mass is 1070 g/mol. The predicted octanol–water partition coefficient (Wildman–Crippen LogP) is -13.8. The maximum absolute atomic E-state index is 12.4. The highest BCUT2D eigenvalue weighted by atomic mass is 16.8. The number of carbonyl (C=O) groups excluding carboxylic acids is 2. The molecule has 33 nitrogen and oxygen atoms in total. The molecule has 0 aromatic heterocycles. The van der Waals surface area contributed by atoms with Gasteiger partial charge < -0.3 is 155 Å². The van der Waals surface area contributed by atoms with Gasteiger partial charge in [-0.05, 0) is 0 Å². The number of amides is 2. The number of rotatable bonds is 18. The normalized spacial score (nSPS) is 49.8.